The van der Waals surface area contributed by atoms with Gasteiger partial charge in [-0.3, -0.25) is 0 Å². The number of aromatic hydroxyl groups is 1. The maximum Gasteiger partial charge on any atom is 0.120 e. The first kappa shape index (κ1) is 15.4. The summed E-state index contributed by atoms with van der Waals surface area (Å²) in [5.41, 5.74) is 4.75. The number of phenols is 1. The molecule has 0 atom stereocenters. The standard InChI is InChI=1S/C19H25NO/c1-5-14-6-11-18(21)15(12-14)13-20-17-9-7-16(8-10-17)19(2,3)4/h6-12,20-21H,5,13H2,1-4H3. The fourth-order valence-electron chi connectivity index (χ4n) is 2.29. The average molecular weight is 283 g/mol. The first-order chi connectivity index (χ1) is 9.90. The van der Waals surface area contributed by atoms with Crippen LogP contribution < -0.4 is 5.32 Å². The Morgan fingerprint density at radius 3 is 2.24 bits per heavy atom. The third-order valence-electron chi connectivity index (χ3n) is 3.79. The van der Waals surface area contributed by atoms with Crippen LogP contribution in [0.4, 0.5) is 5.69 Å². The summed E-state index contributed by atoms with van der Waals surface area (Å²) in [4.78, 5) is 0. The van der Waals surface area contributed by atoms with Gasteiger partial charge in [0, 0.05) is 17.8 Å². The molecule has 0 unspecified atom stereocenters. The van der Waals surface area contributed by atoms with Crippen LogP contribution in [0.1, 0.15) is 44.4 Å². The predicted molar refractivity (Wildman–Crippen MR) is 90.0 cm³/mol. The SMILES string of the molecule is CCc1ccc(O)c(CNc2ccc(C(C)(C)C)cc2)c1. The normalized spacial score (nSPS) is 11.4. The third kappa shape index (κ3) is 4.01. The highest BCUT2D eigenvalue weighted by Gasteiger charge is 2.12. The van der Waals surface area contributed by atoms with Crippen molar-refractivity contribution in [2.24, 2.45) is 0 Å². The van der Waals surface area contributed by atoms with E-state index in [0.717, 1.165) is 17.7 Å². The number of hydrogen-bond donors (Lipinski definition) is 2. The van der Waals surface area contributed by atoms with Gasteiger partial charge >= 0.3 is 0 Å². The molecule has 0 saturated carbocycles. The highest BCUT2D eigenvalue weighted by Crippen LogP contribution is 2.24. The van der Waals surface area contributed by atoms with Crippen molar-refractivity contribution >= 4 is 5.69 Å². The minimum absolute atomic E-state index is 0.173. The molecule has 2 N–H and O–H groups in total. The molecule has 2 rings (SSSR count). The van der Waals surface area contributed by atoms with Gasteiger partial charge in [-0.25, -0.2) is 0 Å². The van der Waals surface area contributed by atoms with E-state index in [-0.39, 0.29) is 5.41 Å². The van der Waals surface area contributed by atoms with Crippen LogP contribution in [0.3, 0.4) is 0 Å². The molecule has 0 aliphatic rings. The molecule has 0 heterocycles. The number of nitrogens with one attached hydrogen (secondary N) is 1. The highest BCUT2D eigenvalue weighted by molar-refractivity contribution is 5.47. The summed E-state index contributed by atoms with van der Waals surface area (Å²) in [6.45, 7) is 9.39. The molecular formula is C19H25NO. The Hall–Kier alpha value is -1.96. The first-order valence-corrected chi connectivity index (χ1v) is 7.55. The van der Waals surface area contributed by atoms with Gasteiger partial charge in [-0.15, -0.1) is 0 Å². The van der Waals surface area contributed by atoms with Crippen molar-refractivity contribution in [1.29, 1.82) is 0 Å². The number of rotatable bonds is 4. The molecule has 0 saturated heterocycles. The second kappa shape index (κ2) is 6.21. The molecule has 0 aliphatic carbocycles. The largest absolute Gasteiger partial charge is 0.508 e. The Bertz CT molecular complexity index is 594. The van der Waals surface area contributed by atoms with Gasteiger partial charge in [0.1, 0.15) is 5.75 Å². The van der Waals surface area contributed by atoms with Crippen LogP contribution in [0.25, 0.3) is 0 Å². The van der Waals surface area contributed by atoms with Gasteiger partial charge in [0.15, 0.2) is 0 Å². The lowest BCUT2D eigenvalue weighted by atomic mass is 9.87. The number of anilines is 1. The Morgan fingerprint density at radius 1 is 1.00 bits per heavy atom. The van der Waals surface area contributed by atoms with E-state index < -0.39 is 0 Å². The quantitative estimate of drug-likeness (QED) is 0.839. The van der Waals surface area contributed by atoms with Crippen LogP contribution in [0.5, 0.6) is 5.75 Å². The van der Waals surface area contributed by atoms with Gasteiger partial charge in [0.2, 0.25) is 0 Å². The lowest BCUT2D eigenvalue weighted by Crippen LogP contribution is -2.10. The van der Waals surface area contributed by atoms with E-state index >= 15 is 0 Å². The van der Waals surface area contributed by atoms with Crippen molar-refractivity contribution in [3.63, 3.8) is 0 Å². The summed E-state index contributed by atoms with van der Waals surface area (Å²) in [5.74, 6) is 0.353. The summed E-state index contributed by atoms with van der Waals surface area (Å²) in [6.07, 6.45) is 0.980. The van der Waals surface area contributed by atoms with Crippen molar-refractivity contribution in [3.8, 4) is 5.75 Å². The zero-order valence-corrected chi connectivity index (χ0v) is 13.4. The van der Waals surface area contributed by atoms with Crippen molar-refractivity contribution in [2.75, 3.05) is 5.32 Å². The van der Waals surface area contributed by atoms with Crippen LogP contribution in [-0.2, 0) is 18.4 Å². The zero-order valence-electron chi connectivity index (χ0n) is 13.4. The zero-order chi connectivity index (χ0) is 15.5. The molecule has 0 amide bonds. The van der Waals surface area contributed by atoms with E-state index in [0.29, 0.717) is 12.3 Å². The average Bonchev–Trinajstić information content (AvgIpc) is 2.46. The Kier molecular flexibility index (Phi) is 4.56. The van der Waals surface area contributed by atoms with E-state index in [4.69, 9.17) is 0 Å². The molecule has 21 heavy (non-hydrogen) atoms. The minimum Gasteiger partial charge on any atom is -0.508 e. The minimum atomic E-state index is 0.173. The van der Waals surface area contributed by atoms with Crippen molar-refractivity contribution in [2.45, 2.75) is 46.1 Å². The van der Waals surface area contributed by atoms with Crippen LogP contribution in [0.15, 0.2) is 42.5 Å². The summed E-state index contributed by atoms with van der Waals surface area (Å²) < 4.78 is 0. The smallest absolute Gasteiger partial charge is 0.120 e. The molecule has 0 bridgehead atoms. The van der Waals surface area contributed by atoms with E-state index in [2.05, 4.69) is 63.3 Å². The molecule has 0 aromatic heterocycles. The van der Waals surface area contributed by atoms with Crippen molar-refractivity contribution < 1.29 is 5.11 Å². The predicted octanol–water partition coefficient (Wildman–Crippen LogP) is 4.86. The molecule has 0 radical (unpaired) electrons. The van der Waals surface area contributed by atoms with Gasteiger partial charge in [-0.2, -0.15) is 0 Å². The Morgan fingerprint density at radius 2 is 1.67 bits per heavy atom. The van der Waals surface area contributed by atoms with Gasteiger partial charge in [0.05, 0.1) is 0 Å². The Labute approximate surface area is 127 Å². The maximum absolute atomic E-state index is 9.92. The number of aryl methyl sites for hydroxylation is 1. The molecule has 112 valence electrons. The van der Waals surface area contributed by atoms with E-state index in [1.165, 1.54) is 11.1 Å². The number of hydrogen-bond acceptors (Lipinski definition) is 2. The highest BCUT2D eigenvalue weighted by atomic mass is 16.3. The molecule has 0 spiro atoms. The molecule has 2 aromatic rings. The van der Waals surface area contributed by atoms with Crippen LogP contribution in [0, 0.1) is 0 Å². The third-order valence-corrected chi connectivity index (χ3v) is 3.79. The molecule has 2 heteroatoms. The molecule has 2 nitrogen and oxygen atoms in total. The summed E-state index contributed by atoms with van der Waals surface area (Å²) in [6, 6.07) is 14.3. The van der Waals surface area contributed by atoms with Gasteiger partial charge in [0.25, 0.3) is 0 Å². The van der Waals surface area contributed by atoms with Crippen molar-refractivity contribution in [1.82, 2.24) is 0 Å². The monoisotopic (exact) mass is 283 g/mol. The number of benzene rings is 2. The second-order valence-corrected chi connectivity index (χ2v) is 6.50. The summed E-state index contributed by atoms with van der Waals surface area (Å²) in [5, 5.41) is 13.3. The van der Waals surface area contributed by atoms with Gasteiger partial charge in [-0.1, -0.05) is 52.0 Å². The van der Waals surface area contributed by atoms with E-state index in [1.54, 1.807) is 6.07 Å². The van der Waals surface area contributed by atoms with Crippen LogP contribution in [-0.4, -0.2) is 5.11 Å². The van der Waals surface area contributed by atoms with Gasteiger partial charge in [-0.05, 0) is 41.2 Å². The van der Waals surface area contributed by atoms with Crippen LogP contribution >= 0.6 is 0 Å². The van der Waals surface area contributed by atoms with Gasteiger partial charge < -0.3 is 10.4 Å². The van der Waals surface area contributed by atoms with Crippen LogP contribution in [0.2, 0.25) is 0 Å². The summed E-state index contributed by atoms with van der Waals surface area (Å²) in [7, 11) is 0. The number of phenolic OH excluding ortho intramolecular Hbond substituents is 1. The maximum atomic E-state index is 9.92. The second-order valence-electron chi connectivity index (χ2n) is 6.50. The Balaban J connectivity index is 2.06. The topological polar surface area (TPSA) is 32.3 Å². The molecular weight excluding hydrogens is 258 g/mol. The fourth-order valence-corrected chi connectivity index (χ4v) is 2.29. The van der Waals surface area contributed by atoms with Crippen molar-refractivity contribution in [3.05, 3.63) is 59.2 Å². The first-order valence-electron chi connectivity index (χ1n) is 7.55. The van der Waals surface area contributed by atoms with E-state index in [1.807, 2.05) is 6.07 Å². The lowest BCUT2D eigenvalue weighted by Gasteiger charge is -2.19. The molecule has 2 aromatic carbocycles. The summed E-state index contributed by atoms with van der Waals surface area (Å²) >= 11 is 0. The molecule has 0 fully saturated rings. The lowest BCUT2D eigenvalue weighted by molar-refractivity contribution is 0.469. The van der Waals surface area contributed by atoms with E-state index in [9.17, 15) is 5.11 Å². The molecule has 0 aliphatic heterocycles. The fraction of sp³-hybridized carbons (Fsp3) is 0.368.